The van der Waals surface area contributed by atoms with Crippen LogP contribution in [0.4, 0.5) is 5.00 Å². The van der Waals surface area contributed by atoms with E-state index < -0.39 is 0 Å². The smallest absolute Gasteiger partial charge is 0.256 e. The Morgan fingerprint density at radius 3 is 2.72 bits per heavy atom. The Labute approximate surface area is 192 Å². The van der Waals surface area contributed by atoms with Gasteiger partial charge in [-0.05, 0) is 60.9 Å². The van der Waals surface area contributed by atoms with Crippen molar-refractivity contribution in [2.75, 3.05) is 11.9 Å². The molecule has 5 rings (SSSR count). The highest BCUT2D eigenvalue weighted by molar-refractivity contribution is 7.16. The lowest BCUT2D eigenvalue weighted by atomic mass is 9.88. The van der Waals surface area contributed by atoms with Crippen LogP contribution in [0.2, 0.25) is 0 Å². The summed E-state index contributed by atoms with van der Waals surface area (Å²) in [7, 11) is 0. The Balaban J connectivity index is 1.38. The number of carbonyl (C=O) groups is 1. The molecule has 0 saturated heterocycles. The van der Waals surface area contributed by atoms with Gasteiger partial charge in [0.05, 0.1) is 12.2 Å². The Kier molecular flexibility index (Phi) is 5.79. The molecule has 32 heavy (non-hydrogen) atoms. The Morgan fingerprint density at radius 2 is 1.91 bits per heavy atom. The van der Waals surface area contributed by atoms with Crippen molar-refractivity contribution in [3.05, 3.63) is 75.7 Å². The van der Waals surface area contributed by atoms with Gasteiger partial charge in [0, 0.05) is 4.88 Å². The highest BCUT2D eigenvalue weighted by Gasteiger charge is 2.33. The molecule has 2 aliphatic rings. The van der Waals surface area contributed by atoms with Gasteiger partial charge in [-0.1, -0.05) is 43.3 Å². The van der Waals surface area contributed by atoms with E-state index in [1.807, 2.05) is 55.5 Å². The van der Waals surface area contributed by atoms with Gasteiger partial charge in [-0.15, -0.1) is 11.3 Å². The number of benzene rings is 2. The lowest BCUT2D eigenvalue weighted by molar-refractivity contribution is 0.0935. The maximum Gasteiger partial charge on any atom is 0.256 e. The summed E-state index contributed by atoms with van der Waals surface area (Å²) in [6, 6.07) is 15.9. The van der Waals surface area contributed by atoms with Crippen LogP contribution in [0.15, 0.2) is 48.5 Å². The fourth-order valence-electron chi connectivity index (χ4n) is 4.46. The zero-order chi connectivity index (χ0) is 22.1. The van der Waals surface area contributed by atoms with Crippen molar-refractivity contribution < 1.29 is 14.3 Å². The number of rotatable bonds is 6. The van der Waals surface area contributed by atoms with Crippen molar-refractivity contribution in [3.8, 4) is 11.5 Å². The van der Waals surface area contributed by atoms with Crippen molar-refractivity contribution in [3.63, 3.8) is 0 Å². The van der Waals surface area contributed by atoms with Gasteiger partial charge in [-0.3, -0.25) is 4.79 Å². The number of anilines is 1. The molecule has 0 fully saturated rings. The molecule has 2 heterocycles. The number of ether oxygens (including phenoxy) is 2. The molecule has 0 unspecified atom stereocenters. The van der Waals surface area contributed by atoms with Crippen molar-refractivity contribution in [1.29, 1.82) is 0 Å². The van der Waals surface area contributed by atoms with Crippen LogP contribution in [0.5, 0.6) is 11.5 Å². The summed E-state index contributed by atoms with van der Waals surface area (Å²) in [6.45, 7) is 5.25. The fraction of sp³-hybridized carbons (Fsp3) is 0.346. The molecule has 2 aromatic carbocycles. The molecule has 2 N–H and O–H groups in total. The van der Waals surface area contributed by atoms with Gasteiger partial charge in [0.25, 0.3) is 5.91 Å². The normalized spacial score (nSPS) is 19.4. The summed E-state index contributed by atoms with van der Waals surface area (Å²) < 4.78 is 11.9. The monoisotopic (exact) mass is 448 g/mol. The number of hydrogen-bond donors (Lipinski definition) is 2. The average molecular weight is 449 g/mol. The van der Waals surface area contributed by atoms with E-state index in [2.05, 4.69) is 17.6 Å². The molecule has 3 aromatic rings. The molecule has 2 atom stereocenters. The van der Waals surface area contributed by atoms with E-state index in [-0.39, 0.29) is 12.1 Å². The number of amides is 1. The first-order valence-electron chi connectivity index (χ1n) is 11.3. The van der Waals surface area contributed by atoms with E-state index in [0.29, 0.717) is 30.6 Å². The summed E-state index contributed by atoms with van der Waals surface area (Å²) in [5.41, 5.74) is 4.13. The van der Waals surface area contributed by atoms with Gasteiger partial charge in [0.15, 0.2) is 11.5 Å². The largest absolute Gasteiger partial charge is 0.490 e. The van der Waals surface area contributed by atoms with Crippen molar-refractivity contribution in [2.45, 2.75) is 45.9 Å². The average Bonchev–Trinajstić information content (AvgIpc) is 3.17. The third-order valence-corrected chi connectivity index (χ3v) is 7.31. The van der Waals surface area contributed by atoms with Crippen LogP contribution in [-0.2, 0) is 19.4 Å². The van der Waals surface area contributed by atoms with E-state index in [1.165, 1.54) is 10.4 Å². The lowest BCUT2D eigenvalue weighted by Gasteiger charge is -2.27. The molecule has 1 aliphatic heterocycles. The predicted molar refractivity (Wildman–Crippen MR) is 128 cm³/mol. The molecular formula is C26H28N2O3S. The van der Waals surface area contributed by atoms with Crippen LogP contribution < -0.4 is 20.1 Å². The molecule has 0 spiro atoms. The molecular weight excluding hydrogens is 420 g/mol. The van der Waals surface area contributed by atoms with Gasteiger partial charge in [-0.2, -0.15) is 0 Å². The number of nitrogens with one attached hydrogen (secondary N) is 2. The molecule has 1 aromatic heterocycles. The second-order valence-electron chi connectivity index (χ2n) is 8.52. The van der Waals surface area contributed by atoms with Crippen LogP contribution in [0.25, 0.3) is 0 Å². The van der Waals surface area contributed by atoms with Crippen LogP contribution >= 0.6 is 11.3 Å². The number of fused-ring (bicyclic) bond motifs is 3. The molecule has 1 aliphatic carbocycles. The minimum atomic E-state index is -0.296. The summed E-state index contributed by atoms with van der Waals surface area (Å²) in [5.74, 6) is 2.07. The lowest BCUT2D eigenvalue weighted by Crippen LogP contribution is -2.38. The van der Waals surface area contributed by atoms with Crippen molar-refractivity contribution >= 4 is 22.2 Å². The molecule has 0 radical (unpaired) electrons. The third kappa shape index (κ3) is 4.07. The van der Waals surface area contributed by atoms with Crippen LogP contribution in [0, 0.1) is 5.92 Å². The minimum absolute atomic E-state index is 0.0122. The second kappa shape index (κ2) is 8.87. The van der Waals surface area contributed by atoms with E-state index in [1.54, 1.807) is 11.3 Å². The second-order valence-corrected chi connectivity index (χ2v) is 9.63. The minimum Gasteiger partial charge on any atom is -0.490 e. The first-order chi connectivity index (χ1) is 15.6. The molecule has 5 nitrogen and oxygen atoms in total. The van der Waals surface area contributed by atoms with Gasteiger partial charge in [0.1, 0.15) is 17.8 Å². The molecule has 166 valence electrons. The fourth-order valence-corrected chi connectivity index (χ4v) is 5.89. The maximum atomic E-state index is 13.0. The molecule has 0 bridgehead atoms. The predicted octanol–water partition coefficient (Wildman–Crippen LogP) is 5.70. The van der Waals surface area contributed by atoms with Crippen LogP contribution in [-0.4, -0.2) is 12.5 Å². The highest BCUT2D eigenvalue weighted by atomic mass is 32.1. The van der Waals surface area contributed by atoms with Crippen molar-refractivity contribution in [1.82, 2.24) is 5.32 Å². The Bertz CT molecular complexity index is 1130. The van der Waals surface area contributed by atoms with Gasteiger partial charge in [-0.25, -0.2) is 0 Å². The first kappa shape index (κ1) is 20.9. The zero-order valence-electron chi connectivity index (χ0n) is 18.4. The summed E-state index contributed by atoms with van der Waals surface area (Å²) in [6.07, 6.45) is 2.91. The molecule has 1 amide bonds. The van der Waals surface area contributed by atoms with Gasteiger partial charge >= 0.3 is 0 Å². The van der Waals surface area contributed by atoms with E-state index in [9.17, 15) is 4.79 Å². The van der Waals surface area contributed by atoms with Crippen LogP contribution in [0.3, 0.4) is 0 Å². The maximum absolute atomic E-state index is 13.0. The number of hydrogen-bond acceptors (Lipinski definition) is 5. The summed E-state index contributed by atoms with van der Waals surface area (Å²) in [4.78, 5) is 14.4. The van der Waals surface area contributed by atoms with Crippen LogP contribution in [0.1, 0.15) is 58.4 Å². The standard InChI is InChI=1S/C26H28N2O3S/c1-3-30-21-14-18(10-12-20(21)31-15-17-7-5-4-6-8-17)24-27-25(29)23-19-11-9-16(2)13-22(19)32-26(23)28-24/h4-8,10,12,14,16,24,28H,3,9,11,13,15H2,1-2H3,(H,27,29)/t16-,24-/m1/s1. The Hall–Kier alpha value is -2.99. The SMILES string of the molecule is CCOc1cc([C@@H]2NC(=O)c3c(sc4c3CC[C@@H](C)C4)N2)ccc1OCc1ccccc1. The first-order valence-corrected chi connectivity index (χ1v) is 12.1. The highest BCUT2D eigenvalue weighted by Crippen LogP contribution is 2.43. The topological polar surface area (TPSA) is 59.6 Å². The van der Waals surface area contributed by atoms with Gasteiger partial charge in [0.2, 0.25) is 0 Å². The van der Waals surface area contributed by atoms with Gasteiger partial charge < -0.3 is 20.1 Å². The number of carbonyl (C=O) groups excluding carboxylic acids is 1. The number of thiophene rings is 1. The van der Waals surface area contributed by atoms with E-state index in [4.69, 9.17) is 9.47 Å². The zero-order valence-corrected chi connectivity index (χ0v) is 19.3. The molecule has 6 heteroatoms. The van der Waals surface area contributed by atoms with E-state index in [0.717, 1.165) is 41.0 Å². The van der Waals surface area contributed by atoms with E-state index >= 15 is 0 Å². The quantitative estimate of drug-likeness (QED) is 0.507. The molecule has 0 saturated carbocycles. The summed E-state index contributed by atoms with van der Waals surface area (Å²) >= 11 is 1.74. The third-order valence-electron chi connectivity index (χ3n) is 6.13. The Morgan fingerprint density at radius 1 is 1.06 bits per heavy atom. The summed E-state index contributed by atoms with van der Waals surface area (Å²) in [5, 5.41) is 7.68. The van der Waals surface area contributed by atoms with Crippen molar-refractivity contribution in [2.24, 2.45) is 5.92 Å².